The third-order valence-corrected chi connectivity index (χ3v) is 3.39. The van der Waals surface area contributed by atoms with Gasteiger partial charge in [-0.1, -0.05) is 12.1 Å². The summed E-state index contributed by atoms with van der Waals surface area (Å²) in [5.74, 6) is -0.120. The van der Waals surface area contributed by atoms with Crippen molar-refractivity contribution in [1.29, 1.82) is 5.26 Å². The van der Waals surface area contributed by atoms with E-state index in [0.29, 0.717) is 24.2 Å². The lowest BCUT2D eigenvalue weighted by Gasteiger charge is -2.13. The van der Waals surface area contributed by atoms with Crippen LogP contribution >= 0.6 is 0 Å². The van der Waals surface area contributed by atoms with Gasteiger partial charge in [0.05, 0.1) is 11.3 Å². The lowest BCUT2D eigenvalue weighted by atomic mass is 10.2. The number of para-hydroxylation sites is 1. The van der Waals surface area contributed by atoms with Gasteiger partial charge in [-0.25, -0.2) is 0 Å². The minimum atomic E-state index is -0.120. The molecule has 2 N–H and O–H groups in total. The van der Waals surface area contributed by atoms with Gasteiger partial charge in [0.2, 0.25) is 5.91 Å². The van der Waals surface area contributed by atoms with Gasteiger partial charge in [0.25, 0.3) is 0 Å². The number of nitrogens with one attached hydrogen (secondary N) is 2. The third-order valence-electron chi connectivity index (χ3n) is 3.39. The largest absolute Gasteiger partial charge is 0.385 e. The summed E-state index contributed by atoms with van der Waals surface area (Å²) in [7, 11) is 3.98. The number of nitrogens with zero attached hydrogens (tertiary/aromatic N) is 2. The van der Waals surface area contributed by atoms with Crippen LogP contribution in [0.5, 0.6) is 0 Å². The lowest BCUT2D eigenvalue weighted by molar-refractivity contribution is -0.115. The first-order valence-electron chi connectivity index (χ1n) is 7.40. The van der Waals surface area contributed by atoms with Crippen LogP contribution < -0.4 is 15.5 Å². The fourth-order valence-corrected chi connectivity index (χ4v) is 2.10. The smallest absolute Gasteiger partial charge is 0.226 e. The predicted octanol–water partition coefficient (Wildman–Crippen LogP) is 3.06. The van der Waals surface area contributed by atoms with E-state index in [1.54, 1.807) is 24.3 Å². The fourth-order valence-electron chi connectivity index (χ4n) is 2.10. The van der Waals surface area contributed by atoms with Crippen LogP contribution in [0.3, 0.4) is 0 Å². The summed E-state index contributed by atoms with van der Waals surface area (Å²) in [4.78, 5) is 14.0. The van der Waals surface area contributed by atoms with Gasteiger partial charge < -0.3 is 15.5 Å². The molecule has 0 saturated heterocycles. The Morgan fingerprint density at radius 1 is 1.13 bits per heavy atom. The molecule has 0 aromatic heterocycles. The molecule has 0 saturated carbocycles. The Morgan fingerprint density at radius 3 is 2.48 bits per heavy atom. The monoisotopic (exact) mass is 308 g/mol. The van der Waals surface area contributed by atoms with E-state index in [1.165, 1.54) is 0 Å². The molecule has 0 unspecified atom stereocenters. The Balaban J connectivity index is 1.82. The SMILES string of the molecule is CN(C)c1ccc(NCCC(=O)Nc2ccccc2C#N)cc1. The molecule has 5 heteroatoms. The van der Waals surface area contributed by atoms with Gasteiger partial charge >= 0.3 is 0 Å². The maximum absolute atomic E-state index is 11.9. The van der Waals surface area contributed by atoms with Crippen LogP contribution in [0.1, 0.15) is 12.0 Å². The average molecular weight is 308 g/mol. The highest BCUT2D eigenvalue weighted by atomic mass is 16.1. The minimum Gasteiger partial charge on any atom is -0.385 e. The number of benzene rings is 2. The number of hydrogen-bond acceptors (Lipinski definition) is 4. The Morgan fingerprint density at radius 2 is 1.83 bits per heavy atom. The van der Waals surface area contributed by atoms with Gasteiger partial charge in [-0.3, -0.25) is 4.79 Å². The van der Waals surface area contributed by atoms with Crippen LogP contribution in [0, 0.1) is 11.3 Å². The molecule has 0 heterocycles. The van der Waals surface area contributed by atoms with Crippen LogP contribution in [-0.2, 0) is 4.79 Å². The first kappa shape index (κ1) is 16.4. The number of carbonyl (C=O) groups excluding carboxylic acids is 1. The molecule has 0 radical (unpaired) electrons. The highest BCUT2D eigenvalue weighted by Gasteiger charge is 2.06. The quantitative estimate of drug-likeness (QED) is 0.860. The van der Waals surface area contributed by atoms with Gasteiger partial charge in [-0.15, -0.1) is 0 Å². The van der Waals surface area contributed by atoms with Crippen molar-refractivity contribution < 1.29 is 4.79 Å². The average Bonchev–Trinajstić information content (AvgIpc) is 2.56. The zero-order valence-corrected chi connectivity index (χ0v) is 13.3. The minimum absolute atomic E-state index is 0.120. The number of hydrogen-bond donors (Lipinski definition) is 2. The third kappa shape index (κ3) is 4.75. The standard InChI is InChI=1S/C18H20N4O/c1-22(2)16-9-7-15(8-10-16)20-12-11-18(23)21-17-6-4-3-5-14(17)13-19/h3-10,20H,11-12H2,1-2H3,(H,21,23). The number of amides is 1. The molecule has 0 bridgehead atoms. The summed E-state index contributed by atoms with van der Waals surface area (Å²) < 4.78 is 0. The number of carbonyl (C=O) groups is 1. The van der Waals surface area contributed by atoms with Crippen LogP contribution in [0.2, 0.25) is 0 Å². The van der Waals surface area contributed by atoms with Crippen molar-refractivity contribution >= 4 is 23.0 Å². The van der Waals surface area contributed by atoms with Gasteiger partial charge in [-0.2, -0.15) is 5.26 Å². The molecule has 23 heavy (non-hydrogen) atoms. The molecule has 0 aliphatic heterocycles. The van der Waals surface area contributed by atoms with Crippen LogP contribution in [0.15, 0.2) is 48.5 Å². The van der Waals surface area contributed by atoms with Crippen molar-refractivity contribution in [3.8, 4) is 6.07 Å². The Labute approximate surface area is 136 Å². The van der Waals surface area contributed by atoms with E-state index < -0.39 is 0 Å². The van der Waals surface area contributed by atoms with E-state index in [4.69, 9.17) is 5.26 Å². The molecule has 2 aromatic rings. The molecule has 0 atom stereocenters. The van der Waals surface area contributed by atoms with E-state index in [2.05, 4.69) is 16.7 Å². The Bertz CT molecular complexity index is 702. The van der Waals surface area contributed by atoms with E-state index in [1.807, 2.05) is 43.3 Å². The summed E-state index contributed by atoms with van der Waals surface area (Å²) in [6.45, 7) is 0.530. The first-order chi connectivity index (χ1) is 11.1. The molecule has 118 valence electrons. The van der Waals surface area contributed by atoms with Crippen molar-refractivity contribution in [2.45, 2.75) is 6.42 Å². The molecule has 0 aliphatic rings. The molecule has 0 spiro atoms. The zero-order chi connectivity index (χ0) is 16.7. The van der Waals surface area contributed by atoms with Gasteiger partial charge in [0.1, 0.15) is 6.07 Å². The van der Waals surface area contributed by atoms with Crippen molar-refractivity contribution in [2.75, 3.05) is 36.2 Å². The second kappa shape index (κ2) is 7.85. The van der Waals surface area contributed by atoms with Crippen LogP contribution in [-0.4, -0.2) is 26.5 Å². The van der Waals surface area contributed by atoms with Crippen molar-refractivity contribution in [1.82, 2.24) is 0 Å². The highest BCUT2D eigenvalue weighted by Crippen LogP contribution is 2.16. The molecule has 2 aromatic carbocycles. The molecule has 0 aliphatic carbocycles. The van der Waals surface area contributed by atoms with Gasteiger partial charge in [-0.05, 0) is 36.4 Å². The van der Waals surface area contributed by atoms with E-state index in [9.17, 15) is 4.79 Å². The van der Waals surface area contributed by atoms with E-state index in [0.717, 1.165) is 11.4 Å². The summed E-state index contributed by atoms with van der Waals surface area (Å²) in [6.07, 6.45) is 0.329. The van der Waals surface area contributed by atoms with E-state index >= 15 is 0 Å². The van der Waals surface area contributed by atoms with Crippen molar-refractivity contribution in [2.24, 2.45) is 0 Å². The Hall–Kier alpha value is -3.00. The predicted molar refractivity (Wildman–Crippen MR) is 93.7 cm³/mol. The first-order valence-corrected chi connectivity index (χ1v) is 7.40. The summed E-state index contributed by atoms with van der Waals surface area (Å²) in [6, 6.07) is 17.0. The number of anilines is 3. The molecular formula is C18H20N4O. The van der Waals surface area contributed by atoms with Gasteiger partial charge in [0, 0.05) is 38.4 Å². The molecule has 1 amide bonds. The van der Waals surface area contributed by atoms with Crippen LogP contribution in [0.4, 0.5) is 17.1 Å². The Kier molecular flexibility index (Phi) is 5.59. The fraction of sp³-hybridized carbons (Fsp3) is 0.222. The second-order valence-electron chi connectivity index (χ2n) is 5.32. The summed E-state index contributed by atoms with van der Waals surface area (Å²) >= 11 is 0. The highest BCUT2D eigenvalue weighted by molar-refractivity contribution is 5.92. The van der Waals surface area contributed by atoms with E-state index in [-0.39, 0.29) is 5.91 Å². The molecule has 0 fully saturated rings. The molecule has 5 nitrogen and oxygen atoms in total. The topological polar surface area (TPSA) is 68.2 Å². The number of rotatable bonds is 6. The van der Waals surface area contributed by atoms with Crippen LogP contribution in [0.25, 0.3) is 0 Å². The summed E-state index contributed by atoms with van der Waals surface area (Å²) in [5.41, 5.74) is 3.12. The summed E-state index contributed by atoms with van der Waals surface area (Å²) in [5, 5.41) is 15.0. The normalized spacial score (nSPS) is 9.78. The van der Waals surface area contributed by atoms with Crippen molar-refractivity contribution in [3.63, 3.8) is 0 Å². The maximum atomic E-state index is 11.9. The molecule has 2 rings (SSSR count). The zero-order valence-electron chi connectivity index (χ0n) is 13.3. The second-order valence-corrected chi connectivity index (χ2v) is 5.32. The van der Waals surface area contributed by atoms with Crippen molar-refractivity contribution in [3.05, 3.63) is 54.1 Å². The number of nitriles is 1. The maximum Gasteiger partial charge on any atom is 0.226 e. The molecular weight excluding hydrogens is 288 g/mol. The lowest BCUT2D eigenvalue weighted by Crippen LogP contribution is -2.17. The van der Waals surface area contributed by atoms with Gasteiger partial charge in [0.15, 0.2) is 0 Å².